The van der Waals surface area contributed by atoms with E-state index in [1.807, 2.05) is 30.8 Å². The lowest BCUT2D eigenvalue weighted by molar-refractivity contribution is -0.116. The van der Waals surface area contributed by atoms with E-state index in [1.165, 1.54) is 23.9 Å². The summed E-state index contributed by atoms with van der Waals surface area (Å²) in [5, 5.41) is 12.9. The largest absolute Gasteiger partial charge is 0.380 e. The van der Waals surface area contributed by atoms with E-state index in [2.05, 4.69) is 28.8 Å². The zero-order valence-corrected chi connectivity index (χ0v) is 16.1. The van der Waals surface area contributed by atoms with Crippen LogP contribution in [0.1, 0.15) is 37.8 Å². The molecular formula is C21H21ClN4O. The first kappa shape index (κ1) is 16.6. The van der Waals surface area contributed by atoms with Crippen molar-refractivity contribution in [3.05, 3.63) is 41.0 Å². The standard InChI is InChI=1S/C21H21ClN4O/c1-11-9-18(27)24-21-16(22)7-6-14(20(21)23-11)13-5-8-17-15(10-13)19(12-3-4-12)25-26(17)2/h5-8,10-12,23H,3-4,9H2,1-2H3,(H,24,27)/t11-/m1/s1. The Kier molecular flexibility index (Phi) is 3.69. The normalized spacial score (nSPS) is 19.4. The molecule has 2 aliphatic rings. The molecule has 5 nitrogen and oxygen atoms in total. The van der Waals surface area contributed by atoms with E-state index in [1.54, 1.807) is 0 Å². The summed E-state index contributed by atoms with van der Waals surface area (Å²) < 4.78 is 1.97. The van der Waals surface area contributed by atoms with Gasteiger partial charge >= 0.3 is 0 Å². The Bertz CT molecular complexity index is 1080. The van der Waals surface area contributed by atoms with Gasteiger partial charge < -0.3 is 10.6 Å². The van der Waals surface area contributed by atoms with Crippen LogP contribution in [0.4, 0.5) is 11.4 Å². The number of amides is 1. The van der Waals surface area contributed by atoms with Gasteiger partial charge in [0.1, 0.15) is 0 Å². The number of aromatic nitrogens is 2. The molecule has 1 aliphatic carbocycles. The second kappa shape index (κ2) is 5.99. The number of nitrogens with one attached hydrogen (secondary N) is 2. The molecule has 1 fully saturated rings. The molecule has 0 bridgehead atoms. The van der Waals surface area contributed by atoms with Crippen molar-refractivity contribution in [2.24, 2.45) is 7.05 Å². The summed E-state index contributed by atoms with van der Waals surface area (Å²) in [7, 11) is 2.00. The first-order chi connectivity index (χ1) is 13.0. The van der Waals surface area contributed by atoms with Crippen molar-refractivity contribution in [2.45, 2.75) is 38.1 Å². The third-order valence-corrected chi connectivity index (χ3v) is 5.77. The Morgan fingerprint density at radius 2 is 2.00 bits per heavy atom. The summed E-state index contributed by atoms with van der Waals surface area (Å²) >= 11 is 6.39. The fourth-order valence-electron chi connectivity index (χ4n) is 3.97. The van der Waals surface area contributed by atoms with Gasteiger partial charge in [0.2, 0.25) is 5.91 Å². The van der Waals surface area contributed by atoms with Crippen molar-refractivity contribution >= 4 is 39.8 Å². The van der Waals surface area contributed by atoms with Crippen LogP contribution in [0.5, 0.6) is 0 Å². The van der Waals surface area contributed by atoms with Crippen molar-refractivity contribution in [1.29, 1.82) is 0 Å². The summed E-state index contributed by atoms with van der Waals surface area (Å²) in [6, 6.07) is 10.4. The first-order valence-corrected chi connectivity index (χ1v) is 9.75. The SMILES string of the molecule is C[C@@H]1CC(=O)Nc2c(Cl)ccc(-c3ccc4c(c3)c(C3CC3)nn4C)c2N1. The lowest BCUT2D eigenvalue weighted by atomic mass is 9.99. The molecule has 0 saturated heterocycles. The number of halogens is 1. The van der Waals surface area contributed by atoms with Crippen molar-refractivity contribution in [1.82, 2.24) is 9.78 Å². The third-order valence-electron chi connectivity index (χ3n) is 5.46. The van der Waals surface area contributed by atoms with Crippen molar-refractivity contribution in [3.8, 4) is 11.1 Å². The molecule has 3 aromatic rings. The van der Waals surface area contributed by atoms with Gasteiger partial charge in [-0.25, -0.2) is 0 Å². The van der Waals surface area contributed by atoms with Crippen LogP contribution in [0, 0.1) is 0 Å². The van der Waals surface area contributed by atoms with Crippen LogP contribution in [0.2, 0.25) is 5.02 Å². The fourth-order valence-corrected chi connectivity index (χ4v) is 4.18. The molecule has 1 atom stereocenters. The molecule has 2 aromatic carbocycles. The summed E-state index contributed by atoms with van der Waals surface area (Å²) in [6.45, 7) is 2.01. The fraction of sp³-hybridized carbons (Fsp3) is 0.333. The maximum Gasteiger partial charge on any atom is 0.226 e. The molecule has 1 saturated carbocycles. The monoisotopic (exact) mass is 380 g/mol. The lowest BCUT2D eigenvalue weighted by Crippen LogP contribution is -2.19. The Morgan fingerprint density at radius 1 is 1.19 bits per heavy atom. The molecular weight excluding hydrogens is 360 g/mol. The highest BCUT2D eigenvalue weighted by Crippen LogP contribution is 2.45. The van der Waals surface area contributed by atoms with Crippen LogP contribution < -0.4 is 10.6 Å². The average molecular weight is 381 g/mol. The van der Waals surface area contributed by atoms with Gasteiger partial charge in [0.05, 0.1) is 27.6 Å². The lowest BCUT2D eigenvalue weighted by Gasteiger charge is -2.18. The average Bonchev–Trinajstić information content (AvgIpc) is 3.43. The number of anilines is 2. The molecule has 2 heterocycles. The number of nitrogens with zero attached hydrogens (tertiary/aromatic N) is 2. The van der Waals surface area contributed by atoms with Crippen molar-refractivity contribution < 1.29 is 4.79 Å². The summed E-state index contributed by atoms with van der Waals surface area (Å²) in [4.78, 5) is 12.1. The molecule has 1 aromatic heterocycles. The minimum Gasteiger partial charge on any atom is -0.380 e. The Hall–Kier alpha value is -2.53. The van der Waals surface area contributed by atoms with Gasteiger partial charge in [-0.15, -0.1) is 0 Å². The summed E-state index contributed by atoms with van der Waals surface area (Å²) in [6.07, 6.45) is 2.85. The molecule has 1 amide bonds. The topological polar surface area (TPSA) is 59.0 Å². The van der Waals surface area contributed by atoms with Crippen molar-refractivity contribution in [2.75, 3.05) is 10.6 Å². The maximum atomic E-state index is 12.1. The smallest absolute Gasteiger partial charge is 0.226 e. The quantitative estimate of drug-likeness (QED) is 0.663. The van der Waals surface area contributed by atoms with Gasteiger partial charge in [-0.1, -0.05) is 23.7 Å². The zero-order chi connectivity index (χ0) is 18.7. The number of hydrogen-bond acceptors (Lipinski definition) is 3. The minimum atomic E-state index is -0.0217. The molecule has 0 radical (unpaired) electrons. The maximum absolute atomic E-state index is 12.1. The highest BCUT2D eigenvalue weighted by molar-refractivity contribution is 6.35. The van der Waals surface area contributed by atoms with Gasteiger partial charge in [0.25, 0.3) is 0 Å². The first-order valence-electron chi connectivity index (χ1n) is 9.37. The van der Waals surface area contributed by atoms with Gasteiger partial charge in [0.15, 0.2) is 0 Å². The molecule has 0 spiro atoms. The van der Waals surface area contributed by atoms with Gasteiger partial charge in [-0.05, 0) is 43.5 Å². The van der Waals surface area contributed by atoms with Gasteiger partial charge in [-0.2, -0.15) is 5.10 Å². The van der Waals surface area contributed by atoms with E-state index >= 15 is 0 Å². The van der Waals surface area contributed by atoms with E-state index in [4.69, 9.17) is 16.7 Å². The molecule has 0 unspecified atom stereocenters. The summed E-state index contributed by atoms with van der Waals surface area (Å²) in [5.74, 6) is 0.565. The number of rotatable bonds is 2. The molecule has 5 rings (SSSR count). The Balaban J connectivity index is 1.70. The van der Waals surface area contributed by atoms with Crippen LogP contribution in [-0.4, -0.2) is 21.7 Å². The number of carbonyl (C=O) groups is 1. The Morgan fingerprint density at radius 3 is 2.78 bits per heavy atom. The van der Waals surface area contributed by atoms with E-state index in [0.29, 0.717) is 23.0 Å². The highest BCUT2D eigenvalue weighted by atomic mass is 35.5. The van der Waals surface area contributed by atoms with E-state index in [0.717, 1.165) is 22.3 Å². The second-order valence-electron chi connectivity index (χ2n) is 7.66. The van der Waals surface area contributed by atoms with Gasteiger partial charge in [-0.3, -0.25) is 9.48 Å². The van der Waals surface area contributed by atoms with Crippen LogP contribution in [0.15, 0.2) is 30.3 Å². The third kappa shape index (κ3) is 2.77. The number of fused-ring (bicyclic) bond motifs is 2. The molecule has 138 valence electrons. The predicted molar refractivity (Wildman–Crippen MR) is 109 cm³/mol. The number of hydrogen-bond donors (Lipinski definition) is 2. The van der Waals surface area contributed by atoms with Gasteiger partial charge in [0, 0.05) is 36.4 Å². The summed E-state index contributed by atoms with van der Waals surface area (Å²) in [5.41, 5.74) is 6.03. The van der Waals surface area contributed by atoms with Crippen LogP contribution in [0.25, 0.3) is 22.0 Å². The van der Waals surface area contributed by atoms with Crippen molar-refractivity contribution in [3.63, 3.8) is 0 Å². The molecule has 1 aliphatic heterocycles. The number of carbonyl (C=O) groups excluding carboxylic acids is 1. The van der Waals surface area contributed by atoms with E-state index in [-0.39, 0.29) is 11.9 Å². The van der Waals surface area contributed by atoms with Crippen LogP contribution >= 0.6 is 11.6 Å². The molecule has 6 heteroatoms. The predicted octanol–water partition coefficient (Wildman–Crippen LogP) is 4.91. The zero-order valence-electron chi connectivity index (χ0n) is 15.3. The van der Waals surface area contributed by atoms with E-state index in [9.17, 15) is 4.79 Å². The second-order valence-corrected chi connectivity index (χ2v) is 8.06. The minimum absolute atomic E-state index is 0.0217. The molecule has 2 N–H and O–H groups in total. The number of benzene rings is 2. The van der Waals surface area contributed by atoms with Crippen LogP contribution in [0.3, 0.4) is 0 Å². The van der Waals surface area contributed by atoms with Crippen LogP contribution in [-0.2, 0) is 11.8 Å². The Labute approximate surface area is 162 Å². The number of aryl methyl sites for hydroxylation is 1. The molecule has 27 heavy (non-hydrogen) atoms. The highest BCUT2D eigenvalue weighted by Gasteiger charge is 2.29. The van der Waals surface area contributed by atoms with E-state index < -0.39 is 0 Å².